The molecule has 2 aromatic rings. The molecular formula is C15H16N2O3. The van der Waals surface area contributed by atoms with Gasteiger partial charge in [0, 0.05) is 11.5 Å². The van der Waals surface area contributed by atoms with E-state index in [1.165, 1.54) is 7.11 Å². The molecule has 3 rings (SSSR count). The van der Waals surface area contributed by atoms with Gasteiger partial charge in [-0.05, 0) is 31.4 Å². The van der Waals surface area contributed by atoms with Crippen LogP contribution in [-0.2, 0) is 9.53 Å². The molecule has 5 heteroatoms. The molecule has 1 heterocycles. The van der Waals surface area contributed by atoms with Crippen molar-refractivity contribution < 1.29 is 13.9 Å². The highest BCUT2D eigenvalue weighted by Crippen LogP contribution is 2.38. The van der Waals surface area contributed by atoms with Gasteiger partial charge in [-0.25, -0.2) is 0 Å². The minimum Gasteiger partial charge on any atom is -0.469 e. The molecule has 104 valence electrons. The van der Waals surface area contributed by atoms with Gasteiger partial charge in [0.25, 0.3) is 0 Å². The fourth-order valence-corrected chi connectivity index (χ4v) is 2.68. The molecule has 1 aromatic carbocycles. The van der Waals surface area contributed by atoms with Crippen LogP contribution in [-0.4, -0.2) is 23.3 Å². The van der Waals surface area contributed by atoms with Crippen molar-refractivity contribution in [1.82, 2.24) is 10.2 Å². The number of nitrogens with zero attached hydrogens (tertiary/aromatic N) is 2. The molecule has 0 radical (unpaired) electrons. The lowest BCUT2D eigenvalue weighted by atomic mass is 10.1. The van der Waals surface area contributed by atoms with Crippen molar-refractivity contribution in [3.8, 4) is 11.5 Å². The Bertz CT molecular complexity index is 594. The average molecular weight is 272 g/mol. The number of esters is 1. The normalized spacial score (nSPS) is 21.9. The quantitative estimate of drug-likeness (QED) is 0.804. The number of hydrogen-bond acceptors (Lipinski definition) is 5. The third-order valence-corrected chi connectivity index (χ3v) is 3.78. The van der Waals surface area contributed by atoms with Crippen molar-refractivity contribution in [3.63, 3.8) is 0 Å². The number of benzene rings is 1. The van der Waals surface area contributed by atoms with Crippen molar-refractivity contribution in [2.75, 3.05) is 7.11 Å². The van der Waals surface area contributed by atoms with E-state index in [1.54, 1.807) is 0 Å². The predicted octanol–water partition coefficient (Wildman–Crippen LogP) is 2.79. The topological polar surface area (TPSA) is 65.2 Å². The first-order valence-electron chi connectivity index (χ1n) is 6.74. The predicted molar refractivity (Wildman–Crippen MR) is 71.8 cm³/mol. The maximum atomic E-state index is 11.5. The molecule has 2 unspecified atom stereocenters. The van der Waals surface area contributed by atoms with Crippen LogP contribution in [0.25, 0.3) is 11.5 Å². The maximum Gasteiger partial charge on any atom is 0.308 e. The van der Waals surface area contributed by atoms with Crippen molar-refractivity contribution in [2.24, 2.45) is 5.92 Å². The molecule has 1 aromatic heterocycles. The minimum absolute atomic E-state index is 0.0444. The van der Waals surface area contributed by atoms with Crippen LogP contribution in [0.5, 0.6) is 0 Å². The highest BCUT2D eigenvalue weighted by Gasteiger charge is 2.34. The molecule has 1 fully saturated rings. The summed E-state index contributed by atoms with van der Waals surface area (Å²) < 4.78 is 10.5. The van der Waals surface area contributed by atoms with Crippen LogP contribution < -0.4 is 0 Å². The van der Waals surface area contributed by atoms with Gasteiger partial charge in [-0.2, -0.15) is 0 Å². The van der Waals surface area contributed by atoms with Crippen LogP contribution in [0.2, 0.25) is 0 Å². The van der Waals surface area contributed by atoms with Gasteiger partial charge < -0.3 is 9.15 Å². The third-order valence-electron chi connectivity index (χ3n) is 3.78. The molecule has 1 aliphatic rings. The third kappa shape index (κ3) is 2.43. The summed E-state index contributed by atoms with van der Waals surface area (Å²) in [4.78, 5) is 11.5. The summed E-state index contributed by atoms with van der Waals surface area (Å²) in [5.41, 5.74) is 0.911. The Morgan fingerprint density at radius 3 is 2.80 bits per heavy atom. The van der Waals surface area contributed by atoms with E-state index in [0.29, 0.717) is 11.8 Å². The number of carbonyl (C=O) groups is 1. The number of ether oxygens (including phenoxy) is 1. The lowest BCUT2D eigenvalue weighted by molar-refractivity contribution is -0.145. The SMILES string of the molecule is COC(=O)C1CCC(c2nnc(-c3ccccc3)o2)C1. The van der Waals surface area contributed by atoms with Crippen molar-refractivity contribution in [1.29, 1.82) is 0 Å². The molecule has 2 atom stereocenters. The van der Waals surface area contributed by atoms with E-state index in [1.807, 2.05) is 30.3 Å². The summed E-state index contributed by atoms with van der Waals surface area (Å²) in [6.45, 7) is 0. The van der Waals surface area contributed by atoms with Gasteiger partial charge in [-0.15, -0.1) is 10.2 Å². The fraction of sp³-hybridized carbons (Fsp3) is 0.400. The van der Waals surface area contributed by atoms with E-state index in [2.05, 4.69) is 10.2 Å². The molecule has 0 amide bonds. The van der Waals surface area contributed by atoms with Gasteiger partial charge in [0.1, 0.15) is 0 Å². The van der Waals surface area contributed by atoms with Crippen LogP contribution >= 0.6 is 0 Å². The Morgan fingerprint density at radius 1 is 1.25 bits per heavy atom. The second-order valence-electron chi connectivity index (χ2n) is 5.04. The zero-order valence-electron chi connectivity index (χ0n) is 11.3. The zero-order chi connectivity index (χ0) is 13.9. The van der Waals surface area contributed by atoms with E-state index in [-0.39, 0.29) is 17.8 Å². The van der Waals surface area contributed by atoms with E-state index in [0.717, 1.165) is 24.8 Å². The molecule has 1 saturated carbocycles. The second-order valence-corrected chi connectivity index (χ2v) is 5.04. The van der Waals surface area contributed by atoms with Gasteiger partial charge in [0.2, 0.25) is 11.8 Å². The number of methoxy groups -OCH3 is 1. The molecule has 20 heavy (non-hydrogen) atoms. The average Bonchev–Trinajstić information content (AvgIpc) is 3.16. The molecule has 0 spiro atoms. The second kappa shape index (κ2) is 5.45. The van der Waals surface area contributed by atoms with E-state index >= 15 is 0 Å². The highest BCUT2D eigenvalue weighted by atomic mass is 16.5. The van der Waals surface area contributed by atoms with Gasteiger partial charge in [0.05, 0.1) is 13.0 Å². The first kappa shape index (κ1) is 12.8. The van der Waals surface area contributed by atoms with Gasteiger partial charge in [-0.1, -0.05) is 18.2 Å². The molecule has 5 nitrogen and oxygen atoms in total. The first-order chi connectivity index (χ1) is 9.78. The van der Waals surface area contributed by atoms with E-state index in [9.17, 15) is 4.79 Å². The zero-order valence-corrected chi connectivity index (χ0v) is 11.3. The number of rotatable bonds is 3. The standard InChI is InChI=1S/C15H16N2O3/c1-19-15(18)12-8-7-11(9-12)14-17-16-13(20-14)10-5-3-2-4-6-10/h2-6,11-12H,7-9H2,1H3. The van der Waals surface area contributed by atoms with Gasteiger partial charge >= 0.3 is 5.97 Å². The van der Waals surface area contributed by atoms with Crippen LogP contribution in [0.3, 0.4) is 0 Å². The van der Waals surface area contributed by atoms with Crippen molar-refractivity contribution in [3.05, 3.63) is 36.2 Å². The lowest BCUT2D eigenvalue weighted by Crippen LogP contribution is -2.12. The highest BCUT2D eigenvalue weighted by molar-refractivity contribution is 5.72. The Morgan fingerprint density at radius 2 is 2.05 bits per heavy atom. The number of aromatic nitrogens is 2. The molecule has 0 N–H and O–H groups in total. The van der Waals surface area contributed by atoms with Crippen LogP contribution in [0, 0.1) is 5.92 Å². The Kier molecular flexibility index (Phi) is 3.50. The fourth-order valence-electron chi connectivity index (χ4n) is 2.68. The summed E-state index contributed by atoms with van der Waals surface area (Å²) >= 11 is 0. The molecule has 0 aliphatic heterocycles. The summed E-state index contributed by atoms with van der Waals surface area (Å²) in [6.07, 6.45) is 2.43. The molecule has 1 aliphatic carbocycles. The Labute approximate surface area is 117 Å². The van der Waals surface area contributed by atoms with Gasteiger partial charge in [-0.3, -0.25) is 4.79 Å². The number of hydrogen-bond donors (Lipinski definition) is 0. The Balaban J connectivity index is 1.74. The van der Waals surface area contributed by atoms with E-state index < -0.39 is 0 Å². The van der Waals surface area contributed by atoms with Crippen LogP contribution in [0.4, 0.5) is 0 Å². The minimum atomic E-state index is -0.143. The molecule has 0 bridgehead atoms. The Hall–Kier alpha value is -2.17. The first-order valence-corrected chi connectivity index (χ1v) is 6.74. The van der Waals surface area contributed by atoms with Crippen molar-refractivity contribution in [2.45, 2.75) is 25.2 Å². The summed E-state index contributed by atoms with van der Waals surface area (Å²) in [5.74, 6) is 1.12. The summed E-state index contributed by atoms with van der Waals surface area (Å²) in [5, 5.41) is 8.21. The summed E-state index contributed by atoms with van der Waals surface area (Å²) in [7, 11) is 1.43. The smallest absolute Gasteiger partial charge is 0.308 e. The maximum absolute atomic E-state index is 11.5. The van der Waals surface area contributed by atoms with Crippen molar-refractivity contribution >= 4 is 5.97 Å². The van der Waals surface area contributed by atoms with Gasteiger partial charge in [0.15, 0.2) is 0 Å². The molecular weight excluding hydrogens is 256 g/mol. The van der Waals surface area contributed by atoms with Crippen LogP contribution in [0.1, 0.15) is 31.1 Å². The van der Waals surface area contributed by atoms with E-state index in [4.69, 9.17) is 9.15 Å². The number of carbonyl (C=O) groups excluding carboxylic acids is 1. The van der Waals surface area contributed by atoms with Crippen LogP contribution in [0.15, 0.2) is 34.7 Å². The lowest BCUT2D eigenvalue weighted by Gasteiger charge is -2.06. The summed E-state index contributed by atoms with van der Waals surface area (Å²) in [6, 6.07) is 9.68. The molecule has 0 saturated heterocycles. The monoisotopic (exact) mass is 272 g/mol. The largest absolute Gasteiger partial charge is 0.469 e.